The summed E-state index contributed by atoms with van der Waals surface area (Å²) in [5.41, 5.74) is -0.879. The fourth-order valence-electron chi connectivity index (χ4n) is 3.18. The molecule has 0 aromatic heterocycles. The van der Waals surface area contributed by atoms with E-state index in [2.05, 4.69) is 0 Å². The highest BCUT2D eigenvalue weighted by atomic mass is 19.4. The Morgan fingerprint density at radius 1 is 1.17 bits per heavy atom. The summed E-state index contributed by atoms with van der Waals surface area (Å²) in [6, 6.07) is 0. The molecular weight excluding hydrogens is 313 g/mol. The van der Waals surface area contributed by atoms with Crippen molar-refractivity contribution in [3.8, 4) is 0 Å². The van der Waals surface area contributed by atoms with Crippen molar-refractivity contribution in [2.24, 2.45) is 0 Å². The van der Waals surface area contributed by atoms with Crippen LogP contribution in [0, 0.1) is 0 Å². The number of ether oxygens (including phenoxy) is 1. The van der Waals surface area contributed by atoms with E-state index in [1.165, 1.54) is 0 Å². The van der Waals surface area contributed by atoms with Crippen molar-refractivity contribution in [1.29, 1.82) is 0 Å². The van der Waals surface area contributed by atoms with E-state index in [1.54, 1.807) is 30.6 Å². The van der Waals surface area contributed by atoms with E-state index in [-0.39, 0.29) is 11.6 Å². The van der Waals surface area contributed by atoms with Crippen molar-refractivity contribution < 1.29 is 27.8 Å². The highest BCUT2D eigenvalue weighted by molar-refractivity contribution is 5.68. The number of amides is 1. The second-order valence-corrected chi connectivity index (χ2v) is 7.45. The van der Waals surface area contributed by atoms with E-state index in [0.29, 0.717) is 32.5 Å². The number of rotatable bonds is 2. The highest BCUT2D eigenvalue weighted by Gasteiger charge is 2.50. The number of carbonyl (C=O) groups is 1. The lowest BCUT2D eigenvalue weighted by molar-refractivity contribution is -0.219. The van der Waals surface area contributed by atoms with E-state index >= 15 is 0 Å². The van der Waals surface area contributed by atoms with Gasteiger partial charge in [-0.25, -0.2) is 4.79 Å². The van der Waals surface area contributed by atoms with Crippen LogP contribution < -0.4 is 0 Å². The third kappa shape index (κ3) is 4.29. The maximum atomic E-state index is 12.5. The zero-order valence-corrected chi connectivity index (χ0v) is 13.8. The van der Waals surface area contributed by atoms with E-state index in [4.69, 9.17) is 4.74 Å². The Hall–Kier alpha value is -1.02. The quantitative estimate of drug-likeness (QED) is 0.840. The third-order valence-corrected chi connectivity index (χ3v) is 4.63. The Kier molecular flexibility index (Phi) is 4.88. The van der Waals surface area contributed by atoms with Gasteiger partial charge in [0.05, 0.1) is 0 Å². The highest BCUT2D eigenvalue weighted by Crippen LogP contribution is 2.41. The molecule has 0 aliphatic carbocycles. The second-order valence-electron chi connectivity index (χ2n) is 7.45. The number of halogens is 3. The molecule has 0 bridgehead atoms. The van der Waals surface area contributed by atoms with Crippen LogP contribution in [0.25, 0.3) is 0 Å². The maximum absolute atomic E-state index is 12.5. The summed E-state index contributed by atoms with van der Waals surface area (Å²) < 4.78 is 42.8. The first-order valence-corrected chi connectivity index (χ1v) is 7.91. The molecule has 134 valence electrons. The maximum Gasteiger partial charge on any atom is 0.415 e. The molecule has 5 nitrogen and oxygen atoms in total. The van der Waals surface area contributed by atoms with Gasteiger partial charge in [-0.2, -0.15) is 13.2 Å². The fourth-order valence-corrected chi connectivity index (χ4v) is 3.18. The number of carbonyl (C=O) groups excluding carboxylic acids is 1. The lowest BCUT2D eigenvalue weighted by Crippen LogP contribution is -2.66. The summed E-state index contributed by atoms with van der Waals surface area (Å²) in [5.74, 6) is 0. The van der Waals surface area contributed by atoms with E-state index in [9.17, 15) is 23.1 Å². The summed E-state index contributed by atoms with van der Waals surface area (Å²) in [6.07, 6.45) is -5.27. The second kappa shape index (κ2) is 6.12. The van der Waals surface area contributed by atoms with Crippen molar-refractivity contribution in [3.63, 3.8) is 0 Å². The topological polar surface area (TPSA) is 53.0 Å². The van der Waals surface area contributed by atoms with Gasteiger partial charge in [-0.15, -0.1) is 0 Å². The van der Waals surface area contributed by atoms with Crippen LogP contribution in [-0.4, -0.2) is 70.6 Å². The zero-order valence-electron chi connectivity index (χ0n) is 13.8. The molecule has 0 radical (unpaired) electrons. The predicted octanol–water partition coefficient (Wildman–Crippen LogP) is 2.39. The van der Waals surface area contributed by atoms with Gasteiger partial charge in [0.25, 0.3) is 0 Å². The minimum absolute atomic E-state index is 0.315. The van der Waals surface area contributed by atoms with Crippen LogP contribution in [0.4, 0.5) is 18.0 Å². The van der Waals surface area contributed by atoms with Gasteiger partial charge in [0.15, 0.2) is 6.10 Å². The Balaban J connectivity index is 1.87. The summed E-state index contributed by atoms with van der Waals surface area (Å²) in [4.78, 5) is 15.3. The molecule has 1 atom stereocenters. The molecule has 2 aliphatic rings. The smallest absolute Gasteiger partial charge is 0.415 e. The zero-order chi connectivity index (χ0) is 17.5. The first-order valence-electron chi connectivity index (χ1n) is 7.91. The number of hydrogen-bond donors (Lipinski definition) is 1. The molecular formula is C15H25F3N2O3. The third-order valence-electron chi connectivity index (χ3n) is 4.63. The largest absolute Gasteiger partial charge is 0.444 e. The van der Waals surface area contributed by atoms with Gasteiger partial charge >= 0.3 is 12.3 Å². The molecule has 0 saturated carbocycles. The molecule has 0 aromatic rings. The lowest BCUT2D eigenvalue weighted by Gasteiger charge is -2.57. The van der Waals surface area contributed by atoms with Gasteiger partial charge in [0.1, 0.15) is 5.60 Å². The molecule has 0 aromatic carbocycles. The molecule has 1 spiro atoms. The molecule has 8 heteroatoms. The molecule has 2 heterocycles. The molecule has 1 amide bonds. The first-order chi connectivity index (χ1) is 10.4. The molecule has 2 fully saturated rings. The molecule has 2 rings (SSSR count). The summed E-state index contributed by atoms with van der Waals surface area (Å²) >= 11 is 0. The van der Waals surface area contributed by atoms with E-state index < -0.39 is 24.4 Å². The van der Waals surface area contributed by atoms with Gasteiger partial charge in [-0.05, 0) is 40.0 Å². The van der Waals surface area contributed by atoms with Crippen LogP contribution in [0.2, 0.25) is 0 Å². The Labute approximate surface area is 134 Å². The number of piperidine rings is 1. The molecule has 2 aliphatic heterocycles. The van der Waals surface area contributed by atoms with Crippen molar-refractivity contribution >= 4 is 6.09 Å². The average molecular weight is 338 g/mol. The van der Waals surface area contributed by atoms with Crippen LogP contribution >= 0.6 is 0 Å². The van der Waals surface area contributed by atoms with Crippen LogP contribution in [0.3, 0.4) is 0 Å². The number of alkyl halides is 3. The SMILES string of the molecule is CC(C)(C)OC(=O)N1CCC2(CC1)CCN2C[C@@H](O)C(F)(F)F. The van der Waals surface area contributed by atoms with E-state index in [0.717, 1.165) is 6.42 Å². The molecule has 2 saturated heterocycles. The molecule has 1 N–H and O–H groups in total. The van der Waals surface area contributed by atoms with Crippen molar-refractivity contribution in [3.05, 3.63) is 0 Å². The van der Waals surface area contributed by atoms with Crippen LogP contribution in [0.5, 0.6) is 0 Å². The van der Waals surface area contributed by atoms with E-state index in [1.807, 2.05) is 0 Å². The predicted molar refractivity (Wildman–Crippen MR) is 78.0 cm³/mol. The summed E-state index contributed by atoms with van der Waals surface area (Å²) in [7, 11) is 0. The number of aliphatic hydroxyl groups excluding tert-OH is 1. The van der Waals surface area contributed by atoms with Gasteiger partial charge in [-0.1, -0.05) is 0 Å². The Bertz CT molecular complexity index is 440. The van der Waals surface area contributed by atoms with Crippen LogP contribution in [-0.2, 0) is 4.74 Å². The Morgan fingerprint density at radius 3 is 2.09 bits per heavy atom. The summed E-state index contributed by atoms with van der Waals surface area (Å²) in [6.45, 7) is 6.48. The number of nitrogens with zero attached hydrogens (tertiary/aromatic N) is 2. The monoisotopic (exact) mass is 338 g/mol. The normalized spacial score (nSPS) is 23.5. The number of likely N-dealkylation sites (tertiary alicyclic amines) is 2. The number of aliphatic hydroxyl groups is 1. The molecule has 23 heavy (non-hydrogen) atoms. The van der Waals surface area contributed by atoms with Crippen LogP contribution in [0.15, 0.2) is 0 Å². The van der Waals surface area contributed by atoms with Gasteiger partial charge in [-0.3, -0.25) is 4.90 Å². The van der Waals surface area contributed by atoms with Crippen LogP contribution in [0.1, 0.15) is 40.0 Å². The minimum atomic E-state index is -4.59. The first kappa shape index (κ1) is 18.3. The van der Waals surface area contributed by atoms with Crippen molar-refractivity contribution in [2.45, 2.75) is 63.5 Å². The van der Waals surface area contributed by atoms with Gasteiger partial charge in [0.2, 0.25) is 0 Å². The van der Waals surface area contributed by atoms with Gasteiger partial charge in [0, 0.05) is 31.7 Å². The Morgan fingerprint density at radius 2 is 1.70 bits per heavy atom. The number of β-amino-alcohol motifs (C(OH)–C–C–N with tert-alkyl or cyclic N) is 1. The molecule has 0 unspecified atom stereocenters. The minimum Gasteiger partial charge on any atom is -0.444 e. The number of hydrogen-bond acceptors (Lipinski definition) is 4. The fraction of sp³-hybridized carbons (Fsp3) is 0.933. The lowest BCUT2D eigenvalue weighted by atomic mass is 9.76. The standard InChI is InChI=1S/C15H25F3N2O3/c1-13(2,3)23-12(22)19-7-4-14(5-8-19)6-9-20(14)10-11(21)15(16,17)18/h11,21H,4-10H2,1-3H3/t11-/m1/s1. The van der Waals surface area contributed by atoms with Gasteiger partial charge < -0.3 is 14.7 Å². The van der Waals surface area contributed by atoms with Crippen molar-refractivity contribution in [2.75, 3.05) is 26.2 Å². The summed E-state index contributed by atoms with van der Waals surface area (Å²) in [5, 5.41) is 9.25. The van der Waals surface area contributed by atoms with Crippen molar-refractivity contribution in [1.82, 2.24) is 9.80 Å². The average Bonchev–Trinajstić information content (AvgIpc) is 2.40.